The average Bonchev–Trinajstić information content (AvgIpc) is 3.01. The largest absolute Gasteiger partial charge is 0.480 e. The minimum absolute atomic E-state index is 0.256. The van der Waals surface area contributed by atoms with E-state index in [4.69, 9.17) is 4.74 Å². The van der Waals surface area contributed by atoms with Crippen molar-refractivity contribution in [1.29, 1.82) is 0 Å². The number of ether oxygens (including phenoxy) is 1. The monoisotopic (exact) mass is 395 g/mol. The molecule has 2 aromatic carbocycles. The van der Waals surface area contributed by atoms with Crippen LogP contribution in [-0.2, 0) is 9.53 Å². The molecule has 0 saturated heterocycles. The smallest absolute Gasteiger partial charge is 0.411 e. The average molecular weight is 395 g/mol. The molecule has 0 heterocycles. The van der Waals surface area contributed by atoms with Crippen LogP contribution < -0.4 is 0 Å². The van der Waals surface area contributed by atoms with Crippen LogP contribution in [0.15, 0.2) is 48.5 Å². The minimum atomic E-state index is -1.02. The molecule has 0 aliphatic heterocycles. The van der Waals surface area contributed by atoms with Gasteiger partial charge in [-0.25, -0.2) is 9.59 Å². The SMILES string of the molecule is COC(=O)N(C1c2ccccc2-c2ccccc21)[C@@H](CC(C)(C)C(C)C)C(=O)O. The van der Waals surface area contributed by atoms with Crippen molar-refractivity contribution in [3.8, 4) is 11.1 Å². The highest BCUT2D eigenvalue weighted by Gasteiger charge is 2.44. The number of carboxylic acids is 1. The van der Waals surface area contributed by atoms with Crippen LogP contribution in [0.2, 0.25) is 0 Å². The maximum Gasteiger partial charge on any atom is 0.411 e. The molecule has 154 valence electrons. The van der Waals surface area contributed by atoms with Gasteiger partial charge in [-0.3, -0.25) is 4.90 Å². The zero-order valence-corrected chi connectivity index (χ0v) is 17.7. The summed E-state index contributed by atoms with van der Waals surface area (Å²) >= 11 is 0. The van der Waals surface area contributed by atoms with E-state index in [1.165, 1.54) is 12.0 Å². The fourth-order valence-corrected chi connectivity index (χ4v) is 3.99. The number of aliphatic carboxylic acids is 1. The summed E-state index contributed by atoms with van der Waals surface area (Å²) in [5, 5.41) is 10.1. The van der Waals surface area contributed by atoms with Crippen molar-refractivity contribution < 1.29 is 19.4 Å². The highest BCUT2D eigenvalue weighted by Crippen LogP contribution is 2.48. The predicted octanol–water partition coefficient (Wildman–Crippen LogP) is 5.35. The lowest BCUT2D eigenvalue weighted by Crippen LogP contribution is -2.49. The van der Waals surface area contributed by atoms with E-state index in [1.54, 1.807) is 0 Å². The van der Waals surface area contributed by atoms with E-state index in [1.807, 2.05) is 62.4 Å². The maximum absolute atomic E-state index is 13.0. The fraction of sp³-hybridized carbons (Fsp3) is 0.417. The van der Waals surface area contributed by atoms with Gasteiger partial charge in [0.05, 0.1) is 13.2 Å². The van der Waals surface area contributed by atoms with E-state index in [9.17, 15) is 14.7 Å². The fourth-order valence-electron chi connectivity index (χ4n) is 3.99. The number of amides is 1. The van der Waals surface area contributed by atoms with Crippen molar-refractivity contribution in [3.63, 3.8) is 0 Å². The summed E-state index contributed by atoms with van der Waals surface area (Å²) in [4.78, 5) is 26.8. The summed E-state index contributed by atoms with van der Waals surface area (Å²) in [5.41, 5.74) is 3.62. The van der Waals surface area contributed by atoms with Crippen molar-refractivity contribution >= 4 is 12.1 Å². The van der Waals surface area contributed by atoms with Crippen molar-refractivity contribution in [1.82, 2.24) is 4.90 Å². The molecule has 0 unspecified atom stereocenters. The van der Waals surface area contributed by atoms with Crippen molar-refractivity contribution in [2.45, 2.75) is 46.2 Å². The molecule has 1 aliphatic rings. The maximum atomic E-state index is 13.0. The molecule has 2 aromatic rings. The molecule has 3 rings (SSSR count). The van der Waals surface area contributed by atoms with Gasteiger partial charge in [-0.1, -0.05) is 76.2 Å². The van der Waals surface area contributed by atoms with Crippen LogP contribution >= 0.6 is 0 Å². The normalized spacial score (nSPS) is 14.3. The molecule has 29 heavy (non-hydrogen) atoms. The minimum Gasteiger partial charge on any atom is -0.480 e. The van der Waals surface area contributed by atoms with Gasteiger partial charge in [0, 0.05) is 0 Å². The Morgan fingerprint density at radius 2 is 1.52 bits per heavy atom. The summed E-state index contributed by atoms with van der Waals surface area (Å²) in [5.74, 6) is -0.766. The third-order valence-corrected chi connectivity index (χ3v) is 6.37. The van der Waals surface area contributed by atoms with Gasteiger partial charge < -0.3 is 9.84 Å². The Hall–Kier alpha value is -2.82. The molecule has 0 bridgehead atoms. The lowest BCUT2D eigenvalue weighted by Gasteiger charge is -2.39. The van der Waals surface area contributed by atoms with Crippen LogP contribution in [0, 0.1) is 11.3 Å². The zero-order valence-electron chi connectivity index (χ0n) is 17.7. The number of carbonyl (C=O) groups excluding carboxylic acids is 1. The van der Waals surface area contributed by atoms with Crippen LogP contribution in [0.4, 0.5) is 4.79 Å². The van der Waals surface area contributed by atoms with Gasteiger partial charge in [0.25, 0.3) is 0 Å². The van der Waals surface area contributed by atoms with Crippen LogP contribution in [0.1, 0.15) is 51.3 Å². The number of fused-ring (bicyclic) bond motifs is 3. The zero-order chi connectivity index (χ0) is 21.3. The first-order valence-electron chi connectivity index (χ1n) is 9.96. The molecular formula is C24H29NO4. The molecule has 0 radical (unpaired) electrons. The summed E-state index contributed by atoms with van der Waals surface area (Å²) in [6, 6.07) is 14.2. The van der Waals surface area contributed by atoms with Crippen molar-refractivity contribution in [2.24, 2.45) is 11.3 Å². The lowest BCUT2D eigenvalue weighted by atomic mass is 9.75. The number of nitrogens with zero attached hydrogens (tertiary/aromatic N) is 1. The molecule has 0 spiro atoms. The van der Waals surface area contributed by atoms with Crippen LogP contribution in [-0.4, -0.2) is 35.2 Å². The number of methoxy groups -OCH3 is 1. The molecule has 1 atom stereocenters. The molecule has 0 fully saturated rings. The molecule has 1 aliphatic carbocycles. The second-order valence-electron chi connectivity index (χ2n) is 8.66. The van der Waals surface area contributed by atoms with E-state index in [2.05, 4.69) is 13.8 Å². The Labute approximate surface area is 172 Å². The molecule has 5 heteroatoms. The number of hydrogen-bond donors (Lipinski definition) is 1. The number of rotatable bonds is 6. The Kier molecular flexibility index (Phi) is 5.69. The molecule has 1 N–H and O–H groups in total. The van der Waals surface area contributed by atoms with Gasteiger partial charge in [-0.05, 0) is 40.0 Å². The van der Waals surface area contributed by atoms with Crippen LogP contribution in [0.5, 0.6) is 0 Å². The van der Waals surface area contributed by atoms with Gasteiger partial charge in [-0.15, -0.1) is 0 Å². The van der Waals surface area contributed by atoms with E-state index >= 15 is 0 Å². The van der Waals surface area contributed by atoms with Gasteiger partial charge >= 0.3 is 12.1 Å². The lowest BCUT2D eigenvalue weighted by molar-refractivity contribution is -0.144. The van der Waals surface area contributed by atoms with Crippen LogP contribution in [0.3, 0.4) is 0 Å². The van der Waals surface area contributed by atoms with E-state index in [0.29, 0.717) is 6.42 Å². The third kappa shape index (κ3) is 3.74. The van der Waals surface area contributed by atoms with E-state index < -0.39 is 24.1 Å². The molecule has 1 amide bonds. The third-order valence-electron chi connectivity index (χ3n) is 6.37. The van der Waals surface area contributed by atoms with Gasteiger partial charge in [-0.2, -0.15) is 0 Å². The topological polar surface area (TPSA) is 66.8 Å². The highest BCUT2D eigenvalue weighted by atomic mass is 16.5. The first kappa shape index (κ1) is 20.9. The molecule has 0 saturated carbocycles. The second kappa shape index (κ2) is 7.90. The van der Waals surface area contributed by atoms with Crippen LogP contribution in [0.25, 0.3) is 11.1 Å². The quantitative estimate of drug-likeness (QED) is 0.716. The second-order valence-corrected chi connectivity index (χ2v) is 8.66. The Morgan fingerprint density at radius 3 is 1.93 bits per heavy atom. The number of carboxylic acid groups (broad SMARTS) is 1. The summed E-state index contributed by atoms with van der Waals surface area (Å²) < 4.78 is 5.08. The number of hydrogen-bond acceptors (Lipinski definition) is 3. The van der Waals surface area contributed by atoms with Gasteiger partial charge in [0.1, 0.15) is 6.04 Å². The summed E-state index contributed by atoms with van der Waals surface area (Å²) in [6.45, 7) is 8.22. The highest BCUT2D eigenvalue weighted by molar-refractivity contribution is 5.85. The first-order valence-corrected chi connectivity index (χ1v) is 9.96. The number of benzene rings is 2. The predicted molar refractivity (Wildman–Crippen MR) is 113 cm³/mol. The van der Waals surface area contributed by atoms with Crippen molar-refractivity contribution in [2.75, 3.05) is 7.11 Å². The molecule has 0 aromatic heterocycles. The standard InChI is InChI=1S/C24H29NO4/c1-15(2)24(3,4)14-20(22(26)27)25(23(28)29-5)21-18-12-8-6-10-16(18)17-11-7-9-13-19(17)21/h6-13,15,20-21H,14H2,1-5H3,(H,26,27)/t20-/m0/s1. The van der Waals surface area contributed by atoms with Gasteiger partial charge in [0.2, 0.25) is 0 Å². The molecular weight excluding hydrogens is 366 g/mol. The Bertz CT molecular complexity index is 873. The van der Waals surface area contributed by atoms with E-state index in [-0.39, 0.29) is 11.3 Å². The molecule has 5 nitrogen and oxygen atoms in total. The van der Waals surface area contributed by atoms with Gasteiger partial charge in [0.15, 0.2) is 0 Å². The first-order chi connectivity index (χ1) is 13.7. The Balaban J connectivity index is 2.16. The summed E-state index contributed by atoms with van der Waals surface area (Å²) in [7, 11) is 1.30. The van der Waals surface area contributed by atoms with Crippen molar-refractivity contribution in [3.05, 3.63) is 59.7 Å². The van der Waals surface area contributed by atoms with E-state index in [0.717, 1.165) is 22.3 Å². The Morgan fingerprint density at radius 1 is 1.03 bits per heavy atom. The number of carbonyl (C=O) groups is 2. The summed E-state index contributed by atoms with van der Waals surface area (Å²) in [6.07, 6.45) is -0.302.